The fourth-order valence-corrected chi connectivity index (χ4v) is 10.1. The van der Waals surface area contributed by atoms with Crippen molar-refractivity contribution in [2.24, 2.45) is 23.7 Å². The van der Waals surface area contributed by atoms with Gasteiger partial charge in [-0.3, -0.25) is 29.5 Å². The van der Waals surface area contributed by atoms with Gasteiger partial charge in [0.1, 0.15) is 5.75 Å². The second kappa shape index (κ2) is 13.4. The van der Waals surface area contributed by atoms with Crippen molar-refractivity contribution in [3.8, 4) is 5.75 Å². The molecule has 2 aliphatic heterocycles. The highest BCUT2D eigenvalue weighted by molar-refractivity contribution is 9.10. The van der Waals surface area contributed by atoms with Gasteiger partial charge < -0.3 is 5.11 Å². The van der Waals surface area contributed by atoms with Crippen molar-refractivity contribution >= 4 is 85.0 Å². The van der Waals surface area contributed by atoms with Gasteiger partial charge in [-0.1, -0.05) is 93.2 Å². The largest absolute Gasteiger partial charge is 0.508 e. The van der Waals surface area contributed by atoms with Crippen LogP contribution in [0.1, 0.15) is 35.4 Å². The van der Waals surface area contributed by atoms with Crippen LogP contribution in [0, 0.1) is 23.7 Å². The third-order valence-corrected chi connectivity index (χ3v) is 12.9. The number of imide groups is 2. The summed E-state index contributed by atoms with van der Waals surface area (Å²) in [4.78, 5) is 64.3. The molecule has 1 saturated carbocycles. The number of nitrogens with zero attached hydrogens (tertiary/aromatic N) is 3. The molecule has 6 unspecified atom stereocenters. The molecule has 2 aliphatic carbocycles. The van der Waals surface area contributed by atoms with E-state index in [-0.39, 0.29) is 30.3 Å². The summed E-state index contributed by atoms with van der Waals surface area (Å²) in [6, 6.07) is 24.4. The Morgan fingerprint density at radius 2 is 1.60 bits per heavy atom. The maximum atomic E-state index is 15.5. The molecule has 4 aliphatic rings. The number of carbonyl (C=O) groups excluding carboxylic acids is 4. The number of rotatable bonds is 5. The topological polar surface area (TPSA) is 120 Å². The molecule has 0 spiro atoms. The molecule has 288 valence electrons. The first kappa shape index (κ1) is 37.3. The Labute approximate surface area is 341 Å². The van der Waals surface area contributed by atoms with E-state index < -0.39 is 69.5 Å². The van der Waals surface area contributed by atoms with Crippen molar-refractivity contribution in [1.29, 1.82) is 0 Å². The zero-order valence-electron chi connectivity index (χ0n) is 29.3. The van der Waals surface area contributed by atoms with Gasteiger partial charge in [0.25, 0.3) is 11.8 Å². The highest BCUT2D eigenvalue weighted by atomic mass is 79.9. The molecule has 3 fully saturated rings. The summed E-state index contributed by atoms with van der Waals surface area (Å²) in [6.45, 7) is 0. The number of hydrazine groups is 1. The van der Waals surface area contributed by atoms with E-state index in [1.807, 2.05) is 18.2 Å². The Balaban J connectivity index is 1.27. The van der Waals surface area contributed by atoms with Gasteiger partial charge in [-0.15, -0.1) is 0 Å². The molecule has 6 atom stereocenters. The summed E-state index contributed by atoms with van der Waals surface area (Å²) in [5, 5.41) is 13.8. The predicted octanol–water partition coefficient (Wildman–Crippen LogP) is 9.22. The van der Waals surface area contributed by atoms with Crippen LogP contribution in [0.4, 0.5) is 24.7 Å². The highest BCUT2D eigenvalue weighted by Gasteiger charge is 2.71. The number of carbonyl (C=O) groups is 4. The van der Waals surface area contributed by atoms with Gasteiger partial charge in [0.2, 0.25) is 11.8 Å². The van der Waals surface area contributed by atoms with Crippen LogP contribution in [-0.2, 0) is 30.8 Å². The fourth-order valence-electron chi connectivity index (χ4n) is 9.53. The third-order valence-electron chi connectivity index (χ3n) is 11.9. The average Bonchev–Trinajstić information content (AvgIpc) is 3.56. The maximum Gasteiger partial charge on any atom is 0.417 e. The summed E-state index contributed by atoms with van der Waals surface area (Å²) < 4.78 is 41.4. The molecule has 2 N–H and O–H groups in total. The molecule has 4 aromatic carbocycles. The number of phenols is 1. The van der Waals surface area contributed by atoms with E-state index in [9.17, 15) is 27.9 Å². The maximum absolute atomic E-state index is 15.5. The quantitative estimate of drug-likeness (QED) is 0.134. The molecule has 15 heteroatoms. The predicted molar refractivity (Wildman–Crippen MR) is 209 cm³/mol. The Hall–Kier alpha value is -5.24. The summed E-state index contributed by atoms with van der Waals surface area (Å²) in [5.74, 6) is -7.70. The lowest BCUT2D eigenvalue weighted by molar-refractivity contribution is -0.139. The number of amides is 4. The zero-order chi connectivity index (χ0) is 40.1. The lowest BCUT2D eigenvalue weighted by Gasteiger charge is -2.51. The van der Waals surface area contributed by atoms with Crippen LogP contribution in [0.5, 0.6) is 5.75 Å². The van der Waals surface area contributed by atoms with Crippen LogP contribution in [0.3, 0.4) is 0 Å². The minimum absolute atomic E-state index is 0.0677. The summed E-state index contributed by atoms with van der Waals surface area (Å²) in [6.07, 6.45) is -2.28. The fraction of sp³-hybridized carbons (Fsp3) is 0.214. The van der Waals surface area contributed by atoms with Crippen LogP contribution in [-0.4, -0.2) is 38.7 Å². The van der Waals surface area contributed by atoms with Gasteiger partial charge in [0.15, 0.2) is 5.82 Å². The molecular weight excluding hydrogens is 848 g/mol. The van der Waals surface area contributed by atoms with Gasteiger partial charge in [0, 0.05) is 27.2 Å². The first-order valence-electron chi connectivity index (χ1n) is 17.9. The van der Waals surface area contributed by atoms with Crippen molar-refractivity contribution in [3.63, 3.8) is 0 Å². The number of halogens is 6. The first-order valence-corrected chi connectivity index (χ1v) is 19.4. The standard InChI is InChI=1S/C42H28BrCl2F3N4O5/c43-23-8-12-25(13-9-23)51-37(54)28-15-14-27-29(33(28)39(51)56)18-30-38(55)52(50-36-31(45)17-22(19-49-36)42(46,47)48)40(57)41(30,21-6-10-24(44)11-7-21)35(27)34-26-4-2-1-3-20(26)5-16-32(34)53/h1-14,16-17,19,28-30,33,35,53H,15,18H2,(H,49,50). The second-order valence-electron chi connectivity index (χ2n) is 14.6. The Kier molecular flexibility index (Phi) is 8.79. The number of hydrogen-bond donors (Lipinski definition) is 2. The number of aromatic nitrogens is 1. The molecule has 3 heterocycles. The number of nitrogens with one attached hydrogen (secondary N) is 1. The molecule has 9 rings (SSSR count). The Morgan fingerprint density at radius 3 is 2.30 bits per heavy atom. The number of hydrogen-bond acceptors (Lipinski definition) is 7. The molecule has 1 aromatic heterocycles. The van der Waals surface area contributed by atoms with Crippen molar-refractivity contribution in [1.82, 2.24) is 9.99 Å². The number of aromatic hydroxyl groups is 1. The van der Waals surface area contributed by atoms with Crippen molar-refractivity contribution in [2.75, 3.05) is 10.3 Å². The van der Waals surface area contributed by atoms with E-state index in [2.05, 4.69) is 26.3 Å². The van der Waals surface area contributed by atoms with E-state index in [1.54, 1.807) is 66.7 Å². The van der Waals surface area contributed by atoms with Crippen LogP contribution in [0.25, 0.3) is 10.8 Å². The Bertz CT molecular complexity index is 2590. The molecule has 57 heavy (non-hydrogen) atoms. The SMILES string of the molecule is O=C1C2CC3C(=CCC4C(=O)N(c5ccc(Br)cc5)C(=O)C43)C(c3c(O)ccc4ccccc34)C2(c2ccc(Cl)cc2)C(=O)N1Nc1ncc(C(F)(F)F)cc1Cl. The van der Waals surface area contributed by atoms with E-state index >= 15 is 9.59 Å². The van der Waals surface area contributed by atoms with E-state index in [0.717, 1.165) is 14.9 Å². The molecule has 9 nitrogen and oxygen atoms in total. The van der Waals surface area contributed by atoms with Gasteiger partial charge >= 0.3 is 6.18 Å². The van der Waals surface area contributed by atoms with Gasteiger partial charge in [-0.2, -0.15) is 18.2 Å². The molecule has 4 amide bonds. The van der Waals surface area contributed by atoms with Crippen molar-refractivity contribution in [3.05, 3.63) is 140 Å². The van der Waals surface area contributed by atoms with Gasteiger partial charge in [0.05, 0.1) is 39.4 Å². The number of anilines is 2. The van der Waals surface area contributed by atoms with E-state index in [4.69, 9.17) is 23.2 Å². The highest BCUT2D eigenvalue weighted by Crippen LogP contribution is 2.65. The normalized spacial score (nSPS) is 25.7. The minimum Gasteiger partial charge on any atom is -0.508 e. The van der Waals surface area contributed by atoms with Gasteiger partial charge in [-0.05, 0) is 83.6 Å². The number of alkyl halides is 3. The first-order chi connectivity index (χ1) is 27.2. The number of fused-ring (bicyclic) bond motifs is 5. The van der Waals surface area contributed by atoms with Crippen molar-refractivity contribution in [2.45, 2.75) is 30.4 Å². The average molecular weight is 877 g/mol. The number of allylic oxidation sites excluding steroid dienone is 2. The number of benzene rings is 4. The van der Waals surface area contributed by atoms with Crippen LogP contribution in [0.2, 0.25) is 10.0 Å². The molecule has 2 saturated heterocycles. The molecular formula is C42H28BrCl2F3N4O5. The lowest BCUT2D eigenvalue weighted by Crippen LogP contribution is -2.53. The summed E-state index contributed by atoms with van der Waals surface area (Å²) >= 11 is 16.1. The minimum atomic E-state index is -4.76. The second-order valence-corrected chi connectivity index (χ2v) is 16.4. The van der Waals surface area contributed by atoms with E-state index in [0.29, 0.717) is 45.1 Å². The molecule has 0 radical (unpaired) electrons. The van der Waals surface area contributed by atoms with E-state index in [1.165, 1.54) is 11.0 Å². The smallest absolute Gasteiger partial charge is 0.417 e. The van der Waals surface area contributed by atoms with Crippen LogP contribution >= 0.6 is 39.1 Å². The number of pyridine rings is 1. The van der Waals surface area contributed by atoms with Crippen LogP contribution < -0.4 is 10.3 Å². The van der Waals surface area contributed by atoms with Crippen molar-refractivity contribution < 1.29 is 37.5 Å². The molecule has 0 bridgehead atoms. The zero-order valence-corrected chi connectivity index (χ0v) is 32.4. The van der Waals surface area contributed by atoms with Crippen LogP contribution in [0.15, 0.2) is 113 Å². The lowest BCUT2D eigenvalue weighted by atomic mass is 9.48. The summed E-state index contributed by atoms with van der Waals surface area (Å²) in [7, 11) is 0. The van der Waals surface area contributed by atoms with Gasteiger partial charge in [-0.25, -0.2) is 4.98 Å². The molecule has 5 aromatic rings. The monoisotopic (exact) mass is 874 g/mol. The third kappa shape index (κ3) is 5.60. The summed E-state index contributed by atoms with van der Waals surface area (Å²) in [5.41, 5.74) is 1.37. The number of phenolic OH excluding ortho intramolecular Hbond substituents is 1. The Morgan fingerprint density at radius 1 is 0.877 bits per heavy atom.